The van der Waals surface area contributed by atoms with Gasteiger partial charge in [-0.25, -0.2) is 0 Å². The number of pyridine rings is 1. The molecule has 4 heteroatoms. The number of hydrogen-bond acceptors (Lipinski definition) is 3. The van der Waals surface area contributed by atoms with Crippen LogP contribution in [-0.2, 0) is 6.54 Å². The predicted molar refractivity (Wildman–Crippen MR) is 84.3 cm³/mol. The summed E-state index contributed by atoms with van der Waals surface area (Å²) >= 11 is 0. The lowest BCUT2D eigenvalue weighted by Crippen LogP contribution is -2.43. The SMILES string of the molecule is CCCC1=CN=C2C(=NCc3cccnc3)NC3CC3C12. The average Bonchev–Trinajstić information content (AvgIpc) is 3.18. The van der Waals surface area contributed by atoms with Gasteiger partial charge < -0.3 is 5.32 Å². The number of allylic oxidation sites excluding steroid dienone is 1. The number of fused-ring (bicyclic) bond motifs is 3. The summed E-state index contributed by atoms with van der Waals surface area (Å²) in [6.07, 6.45) is 9.38. The first-order valence-electron chi connectivity index (χ1n) is 7.83. The maximum absolute atomic E-state index is 4.77. The number of nitrogens with zero attached hydrogens (tertiary/aromatic N) is 3. The second-order valence-electron chi connectivity index (χ2n) is 6.12. The molecule has 1 aromatic heterocycles. The summed E-state index contributed by atoms with van der Waals surface area (Å²) in [6.45, 7) is 2.91. The lowest BCUT2D eigenvalue weighted by Gasteiger charge is -2.24. The molecule has 4 nitrogen and oxygen atoms in total. The summed E-state index contributed by atoms with van der Waals surface area (Å²) in [6, 6.07) is 4.63. The van der Waals surface area contributed by atoms with Crippen molar-refractivity contribution in [2.24, 2.45) is 21.8 Å². The Hall–Kier alpha value is -1.97. The monoisotopic (exact) mass is 280 g/mol. The van der Waals surface area contributed by atoms with Gasteiger partial charge in [0.25, 0.3) is 0 Å². The summed E-state index contributed by atoms with van der Waals surface area (Å²) in [5, 5.41) is 3.56. The largest absolute Gasteiger partial charge is 0.366 e. The Morgan fingerprint density at radius 2 is 2.38 bits per heavy atom. The van der Waals surface area contributed by atoms with Gasteiger partial charge in [-0.2, -0.15) is 0 Å². The van der Waals surface area contributed by atoms with E-state index in [4.69, 9.17) is 4.99 Å². The number of hydrogen-bond donors (Lipinski definition) is 1. The molecule has 1 aliphatic carbocycles. The van der Waals surface area contributed by atoms with Gasteiger partial charge in [0.15, 0.2) is 0 Å². The third-order valence-corrected chi connectivity index (χ3v) is 4.58. The Morgan fingerprint density at radius 3 is 3.19 bits per heavy atom. The van der Waals surface area contributed by atoms with Crippen molar-refractivity contribution in [3.05, 3.63) is 41.9 Å². The van der Waals surface area contributed by atoms with Crippen LogP contribution in [0.3, 0.4) is 0 Å². The van der Waals surface area contributed by atoms with E-state index in [2.05, 4.69) is 34.5 Å². The summed E-state index contributed by atoms with van der Waals surface area (Å²) in [5.41, 5.74) is 3.82. The van der Waals surface area contributed by atoms with E-state index in [0.717, 1.165) is 23.7 Å². The van der Waals surface area contributed by atoms with E-state index in [-0.39, 0.29) is 0 Å². The average molecular weight is 280 g/mol. The van der Waals surface area contributed by atoms with Gasteiger partial charge in [-0.05, 0) is 36.0 Å². The lowest BCUT2D eigenvalue weighted by atomic mass is 9.86. The molecule has 3 heterocycles. The fourth-order valence-corrected chi connectivity index (χ4v) is 3.47. The molecule has 21 heavy (non-hydrogen) atoms. The number of amidine groups is 1. The molecule has 1 saturated heterocycles. The number of aliphatic imine (C=N–C) groups is 2. The molecule has 1 N–H and O–H groups in total. The molecule has 3 unspecified atom stereocenters. The molecule has 2 aliphatic heterocycles. The Balaban J connectivity index is 1.55. The van der Waals surface area contributed by atoms with Gasteiger partial charge >= 0.3 is 0 Å². The van der Waals surface area contributed by atoms with Gasteiger partial charge in [-0.15, -0.1) is 0 Å². The summed E-state index contributed by atoms with van der Waals surface area (Å²) in [5.74, 6) is 2.29. The van der Waals surface area contributed by atoms with Crippen LogP contribution in [0.25, 0.3) is 0 Å². The quantitative estimate of drug-likeness (QED) is 0.922. The first kappa shape index (κ1) is 12.7. The van der Waals surface area contributed by atoms with E-state index >= 15 is 0 Å². The highest BCUT2D eigenvalue weighted by Crippen LogP contribution is 2.47. The van der Waals surface area contributed by atoms with Crippen molar-refractivity contribution in [3.8, 4) is 0 Å². The van der Waals surface area contributed by atoms with Crippen LogP contribution in [0.5, 0.6) is 0 Å². The molecule has 0 aromatic carbocycles. The van der Waals surface area contributed by atoms with Crippen molar-refractivity contribution < 1.29 is 0 Å². The van der Waals surface area contributed by atoms with Crippen molar-refractivity contribution >= 4 is 11.5 Å². The van der Waals surface area contributed by atoms with Gasteiger partial charge in [0.2, 0.25) is 0 Å². The minimum Gasteiger partial charge on any atom is -0.366 e. The van der Waals surface area contributed by atoms with Crippen LogP contribution in [0.2, 0.25) is 0 Å². The van der Waals surface area contributed by atoms with Crippen molar-refractivity contribution in [2.45, 2.75) is 38.8 Å². The molecule has 3 aliphatic rings. The van der Waals surface area contributed by atoms with Crippen LogP contribution >= 0.6 is 0 Å². The Kier molecular flexibility index (Phi) is 3.09. The number of aromatic nitrogens is 1. The number of nitrogens with one attached hydrogen (secondary N) is 1. The molecule has 3 atom stereocenters. The van der Waals surface area contributed by atoms with Crippen LogP contribution in [0.15, 0.2) is 46.3 Å². The summed E-state index contributed by atoms with van der Waals surface area (Å²) in [4.78, 5) is 13.6. The minimum atomic E-state index is 0.531. The van der Waals surface area contributed by atoms with Gasteiger partial charge in [-0.3, -0.25) is 15.0 Å². The normalized spacial score (nSPS) is 31.1. The van der Waals surface area contributed by atoms with E-state index in [1.165, 1.54) is 24.1 Å². The van der Waals surface area contributed by atoms with Gasteiger partial charge in [-0.1, -0.05) is 19.4 Å². The first-order valence-corrected chi connectivity index (χ1v) is 7.83. The van der Waals surface area contributed by atoms with Crippen LogP contribution in [-0.4, -0.2) is 22.6 Å². The molecular formula is C17H20N4. The minimum absolute atomic E-state index is 0.531. The van der Waals surface area contributed by atoms with Crippen molar-refractivity contribution in [3.63, 3.8) is 0 Å². The van der Waals surface area contributed by atoms with E-state index in [9.17, 15) is 0 Å². The highest BCUT2D eigenvalue weighted by Gasteiger charge is 2.52. The van der Waals surface area contributed by atoms with Crippen LogP contribution in [0, 0.1) is 11.8 Å². The zero-order valence-electron chi connectivity index (χ0n) is 12.3. The van der Waals surface area contributed by atoms with E-state index in [1.807, 2.05) is 12.3 Å². The third kappa shape index (κ3) is 2.28. The van der Waals surface area contributed by atoms with Gasteiger partial charge in [0.1, 0.15) is 5.84 Å². The molecule has 108 valence electrons. The highest BCUT2D eigenvalue weighted by atomic mass is 15.1. The number of piperidine rings is 1. The maximum atomic E-state index is 4.77. The summed E-state index contributed by atoms with van der Waals surface area (Å²) < 4.78 is 0. The molecule has 1 saturated carbocycles. The van der Waals surface area contributed by atoms with Gasteiger partial charge in [0.05, 0.1) is 12.3 Å². The van der Waals surface area contributed by atoms with Crippen LogP contribution in [0.4, 0.5) is 0 Å². The Labute approximate surface area is 125 Å². The molecule has 0 bridgehead atoms. The van der Waals surface area contributed by atoms with Crippen LogP contribution < -0.4 is 5.32 Å². The molecule has 1 aromatic rings. The molecule has 0 spiro atoms. The van der Waals surface area contributed by atoms with Crippen LogP contribution in [0.1, 0.15) is 31.7 Å². The Morgan fingerprint density at radius 1 is 1.43 bits per heavy atom. The molecule has 0 amide bonds. The smallest absolute Gasteiger partial charge is 0.144 e. The third-order valence-electron chi connectivity index (χ3n) is 4.58. The highest BCUT2D eigenvalue weighted by molar-refractivity contribution is 6.44. The fourth-order valence-electron chi connectivity index (χ4n) is 3.47. The van der Waals surface area contributed by atoms with Crippen molar-refractivity contribution in [1.29, 1.82) is 0 Å². The van der Waals surface area contributed by atoms with Crippen molar-refractivity contribution in [1.82, 2.24) is 10.3 Å². The first-order chi connectivity index (χ1) is 10.4. The fraction of sp³-hybridized carbons (Fsp3) is 0.471. The zero-order chi connectivity index (χ0) is 14.2. The standard InChI is InChI=1S/C17H20N4/c1-2-4-12-10-19-16-15(12)13-7-14(13)21-17(16)20-9-11-5-3-6-18-8-11/h3,5-6,8,10,13-15H,2,4,7,9H2,1H3,(H,20,21). The van der Waals surface area contributed by atoms with E-state index in [0.29, 0.717) is 18.5 Å². The van der Waals surface area contributed by atoms with E-state index < -0.39 is 0 Å². The summed E-state index contributed by atoms with van der Waals surface area (Å²) in [7, 11) is 0. The predicted octanol–water partition coefficient (Wildman–Crippen LogP) is 2.73. The topological polar surface area (TPSA) is 49.6 Å². The number of rotatable bonds is 4. The molecule has 0 radical (unpaired) electrons. The molecule has 2 fully saturated rings. The Bertz CT molecular complexity index is 629. The lowest BCUT2D eigenvalue weighted by molar-refractivity contribution is 0.613. The maximum Gasteiger partial charge on any atom is 0.144 e. The van der Waals surface area contributed by atoms with E-state index in [1.54, 1.807) is 6.20 Å². The second kappa shape index (κ2) is 5.10. The molecular weight excluding hydrogens is 260 g/mol. The molecule has 4 rings (SSSR count). The zero-order valence-corrected chi connectivity index (χ0v) is 12.3. The second-order valence-corrected chi connectivity index (χ2v) is 6.12. The van der Waals surface area contributed by atoms with Crippen molar-refractivity contribution in [2.75, 3.05) is 0 Å². The van der Waals surface area contributed by atoms with Gasteiger partial charge in [0, 0.05) is 30.6 Å².